The lowest BCUT2D eigenvalue weighted by atomic mass is 10.0. The second-order valence-corrected chi connectivity index (χ2v) is 5.90. The molecular weight excluding hydrogens is 310 g/mol. The number of nitrogens with one attached hydrogen (secondary N) is 1. The smallest absolute Gasteiger partial charge is 0.289 e. The van der Waals surface area contributed by atoms with Crippen LogP contribution >= 0.6 is 0 Å². The molecule has 128 valence electrons. The van der Waals surface area contributed by atoms with E-state index in [1.807, 2.05) is 0 Å². The Morgan fingerprint density at radius 3 is 3.08 bits per heavy atom. The van der Waals surface area contributed by atoms with Crippen LogP contribution in [-0.2, 0) is 11.3 Å². The van der Waals surface area contributed by atoms with Crippen LogP contribution in [0.3, 0.4) is 0 Å². The number of amides is 2. The summed E-state index contributed by atoms with van der Waals surface area (Å²) < 4.78 is 6.87. The van der Waals surface area contributed by atoms with E-state index in [0.29, 0.717) is 38.2 Å². The van der Waals surface area contributed by atoms with Crippen molar-refractivity contribution in [3.8, 4) is 0 Å². The zero-order chi connectivity index (χ0) is 16.8. The largest absolute Gasteiger partial charge is 0.459 e. The number of rotatable bonds is 6. The summed E-state index contributed by atoms with van der Waals surface area (Å²) in [6.45, 7) is 1.88. The summed E-state index contributed by atoms with van der Waals surface area (Å²) >= 11 is 0. The van der Waals surface area contributed by atoms with Crippen LogP contribution in [0.25, 0.3) is 0 Å². The molecule has 24 heavy (non-hydrogen) atoms. The van der Waals surface area contributed by atoms with Gasteiger partial charge in [-0.3, -0.25) is 14.3 Å². The molecule has 0 aromatic carbocycles. The highest BCUT2D eigenvalue weighted by Gasteiger charge is 2.26. The van der Waals surface area contributed by atoms with E-state index in [2.05, 4.69) is 15.4 Å². The minimum absolute atomic E-state index is 0.00321. The minimum atomic E-state index is -0.120. The number of piperidine rings is 1. The van der Waals surface area contributed by atoms with Gasteiger partial charge in [0.25, 0.3) is 5.91 Å². The van der Waals surface area contributed by atoms with Gasteiger partial charge in [-0.2, -0.15) is 5.10 Å². The zero-order valence-corrected chi connectivity index (χ0v) is 13.4. The molecule has 1 aliphatic heterocycles. The average Bonchev–Trinajstić information content (AvgIpc) is 3.28. The fourth-order valence-corrected chi connectivity index (χ4v) is 2.89. The molecule has 8 nitrogen and oxygen atoms in total. The highest BCUT2D eigenvalue weighted by molar-refractivity contribution is 5.91. The minimum Gasteiger partial charge on any atom is -0.459 e. The van der Waals surface area contributed by atoms with Crippen molar-refractivity contribution in [1.82, 2.24) is 25.0 Å². The standard InChI is InChI=1S/C16H21N5O3/c22-15(6-2-8-21-12-17-11-18-21)19-13-4-1-7-20(10-13)16(23)14-5-3-9-24-14/h3,5,9,11-13H,1-2,4,6-8,10H2,(H,19,22). The summed E-state index contributed by atoms with van der Waals surface area (Å²) in [6.07, 6.45) is 7.50. The lowest BCUT2D eigenvalue weighted by Gasteiger charge is -2.32. The molecule has 0 aliphatic carbocycles. The third-order valence-electron chi connectivity index (χ3n) is 4.06. The number of carbonyl (C=O) groups excluding carboxylic acids is 2. The normalized spacial score (nSPS) is 17.7. The lowest BCUT2D eigenvalue weighted by molar-refractivity contribution is -0.122. The van der Waals surface area contributed by atoms with Crippen LogP contribution in [0.5, 0.6) is 0 Å². The van der Waals surface area contributed by atoms with Crippen LogP contribution < -0.4 is 5.32 Å². The van der Waals surface area contributed by atoms with E-state index in [1.165, 1.54) is 12.6 Å². The van der Waals surface area contributed by atoms with Crippen LogP contribution in [0, 0.1) is 0 Å². The van der Waals surface area contributed by atoms with Crippen molar-refractivity contribution in [3.63, 3.8) is 0 Å². The van der Waals surface area contributed by atoms with Gasteiger partial charge in [-0.1, -0.05) is 0 Å². The molecule has 1 unspecified atom stereocenters. The maximum Gasteiger partial charge on any atom is 0.289 e. The van der Waals surface area contributed by atoms with E-state index in [1.54, 1.807) is 28.0 Å². The first-order valence-electron chi connectivity index (χ1n) is 8.17. The Hall–Kier alpha value is -2.64. The van der Waals surface area contributed by atoms with E-state index >= 15 is 0 Å². The third kappa shape index (κ3) is 4.21. The Morgan fingerprint density at radius 2 is 2.33 bits per heavy atom. The van der Waals surface area contributed by atoms with E-state index in [-0.39, 0.29) is 17.9 Å². The summed E-state index contributed by atoms with van der Waals surface area (Å²) in [5.41, 5.74) is 0. The van der Waals surface area contributed by atoms with Crippen molar-refractivity contribution in [1.29, 1.82) is 0 Å². The molecule has 8 heteroatoms. The van der Waals surface area contributed by atoms with Gasteiger partial charge in [-0.05, 0) is 31.4 Å². The Kier molecular flexibility index (Phi) is 5.25. The molecule has 1 aliphatic rings. The van der Waals surface area contributed by atoms with E-state index in [4.69, 9.17) is 4.42 Å². The monoisotopic (exact) mass is 331 g/mol. The molecule has 0 radical (unpaired) electrons. The zero-order valence-electron chi connectivity index (χ0n) is 13.4. The molecule has 1 fully saturated rings. The second kappa shape index (κ2) is 7.76. The molecule has 2 amide bonds. The first kappa shape index (κ1) is 16.2. The fraction of sp³-hybridized carbons (Fsp3) is 0.500. The molecule has 3 rings (SSSR count). The number of likely N-dealkylation sites (tertiary alicyclic amines) is 1. The fourth-order valence-electron chi connectivity index (χ4n) is 2.89. The van der Waals surface area contributed by atoms with E-state index < -0.39 is 0 Å². The van der Waals surface area contributed by atoms with Crippen LogP contribution in [0.1, 0.15) is 36.2 Å². The number of aryl methyl sites for hydroxylation is 1. The Balaban J connectivity index is 1.43. The molecule has 2 aromatic heterocycles. The van der Waals surface area contributed by atoms with Crippen molar-refractivity contribution in [2.24, 2.45) is 0 Å². The second-order valence-electron chi connectivity index (χ2n) is 5.90. The number of nitrogens with zero attached hydrogens (tertiary/aromatic N) is 4. The molecular formula is C16H21N5O3. The number of carbonyl (C=O) groups is 2. The van der Waals surface area contributed by atoms with E-state index in [0.717, 1.165) is 12.8 Å². The van der Waals surface area contributed by atoms with Crippen LogP contribution in [0.2, 0.25) is 0 Å². The summed E-state index contributed by atoms with van der Waals surface area (Å²) in [4.78, 5) is 30.0. The summed E-state index contributed by atoms with van der Waals surface area (Å²) in [7, 11) is 0. The molecule has 3 heterocycles. The summed E-state index contributed by atoms with van der Waals surface area (Å²) in [6, 6.07) is 3.36. The van der Waals surface area contributed by atoms with Gasteiger partial charge in [0.15, 0.2) is 5.76 Å². The first-order valence-corrected chi connectivity index (χ1v) is 8.17. The Bertz CT molecular complexity index is 653. The van der Waals surface area contributed by atoms with Gasteiger partial charge in [-0.15, -0.1) is 0 Å². The molecule has 1 saturated heterocycles. The van der Waals surface area contributed by atoms with Gasteiger partial charge in [0.2, 0.25) is 5.91 Å². The van der Waals surface area contributed by atoms with Crippen molar-refractivity contribution in [2.45, 2.75) is 38.3 Å². The van der Waals surface area contributed by atoms with Crippen LogP contribution in [0.4, 0.5) is 0 Å². The Morgan fingerprint density at radius 1 is 1.42 bits per heavy atom. The van der Waals surface area contributed by atoms with Crippen molar-refractivity contribution in [3.05, 3.63) is 36.8 Å². The van der Waals surface area contributed by atoms with Gasteiger partial charge in [0.05, 0.1) is 6.26 Å². The Labute approximate surface area is 139 Å². The average molecular weight is 331 g/mol. The molecule has 0 bridgehead atoms. The van der Waals surface area contributed by atoms with Gasteiger partial charge in [0.1, 0.15) is 12.7 Å². The first-order chi connectivity index (χ1) is 11.7. The summed E-state index contributed by atoms with van der Waals surface area (Å²) in [5, 5.41) is 7.02. The van der Waals surface area contributed by atoms with Gasteiger partial charge >= 0.3 is 0 Å². The highest BCUT2D eigenvalue weighted by Crippen LogP contribution is 2.14. The number of hydrogen-bond donors (Lipinski definition) is 1. The number of furan rings is 1. The quantitative estimate of drug-likeness (QED) is 0.855. The molecule has 1 atom stereocenters. The van der Waals surface area contributed by atoms with Crippen molar-refractivity contribution < 1.29 is 14.0 Å². The SMILES string of the molecule is O=C(CCCn1cncn1)NC1CCCN(C(=O)c2ccco2)C1. The van der Waals surface area contributed by atoms with Crippen LogP contribution in [-0.4, -0.2) is 50.6 Å². The molecule has 0 spiro atoms. The number of hydrogen-bond acceptors (Lipinski definition) is 5. The highest BCUT2D eigenvalue weighted by atomic mass is 16.3. The van der Waals surface area contributed by atoms with E-state index in [9.17, 15) is 9.59 Å². The number of aromatic nitrogens is 3. The van der Waals surface area contributed by atoms with Crippen molar-refractivity contribution >= 4 is 11.8 Å². The predicted octanol–water partition coefficient (Wildman–Crippen LogP) is 1.07. The summed E-state index contributed by atoms with van der Waals surface area (Å²) in [5.74, 6) is 0.229. The predicted molar refractivity (Wildman–Crippen MR) is 85.0 cm³/mol. The van der Waals surface area contributed by atoms with Gasteiger partial charge in [0, 0.05) is 32.1 Å². The molecule has 1 N–H and O–H groups in total. The molecule has 2 aromatic rings. The topological polar surface area (TPSA) is 93.3 Å². The lowest BCUT2D eigenvalue weighted by Crippen LogP contribution is -2.49. The van der Waals surface area contributed by atoms with Gasteiger partial charge < -0.3 is 14.6 Å². The maximum atomic E-state index is 12.3. The maximum absolute atomic E-state index is 12.3. The van der Waals surface area contributed by atoms with Crippen molar-refractivity contribution in [2.75, 3.05) is 13.1 Å². The van der Waals surface area contributed by atoms with Gasteiger partial charge in [-0.25, -0.2) is 4.98 Å². The molecule has 0 saturated carbocycles. The van der Waals surface area contributed by atoms with Crippen LogP contribution in [0.15, 0.2) is 35.5 Å². The third-order valence-corrected chi connectivity index (χ3v) is 4.06.